The average Bonchev–Trinajstić information content (AvgIpc) is 3.24. The molecule has 0 aliphatic heterocycles. The van der Waals surface area contributed by atoms with Gasteiger partial charge in [0.05, 0.1) is 5.69 Å². The first-order chi connectivity index (χ1) is 14.2. The number of thiazole rings is 1. The Morgan fingerprint density at radius 2 is 1.72 bits per heavy atom. The molecule has 1 amide bonds. The largest absolute Gasteiger partial charge is 0.326 e. The predicted octanol–water partition coefficient (Wildman–Crippen LogP) is 6.70. The summed E-state index contributed by atoms with van der Waals surface area (Å²) in [7, 11) is 0. The van der Waals surface area contributed by atoms with Crippen molar-refractivity contribution < 1.29 is 4.79 Å². The van der Waals surface area contributed by atoms with Crippen molar-refractivity contribution in [1.82, 2.24) is 4.98 Å². The van der Waals surface area contributed by atoms with E-state index >= 15 is 0 Å². The maximum atomic E-state index is 12.3. The zero-order valence-electron chi connectivity index (χ0n) is 15.6. The lowest BCUT2D eigenvalue weighted by atomic mass is 10.1. The number of nitrogens with one attached hydrogen (secondary N) is 1. The molecule has 4 rings (SSSR count). The van der Waals surface area contributed by atoms with Crippen LogP contribution in [0.4, 0.5) is 5.69 Å². The van der Waals surface area contributed by atoms with Gasteiger partial charge < -0.3 is 5.32 Å². The molecule has 0 saturated carbocycles. The lowest BCUT2D eigenvalue weighted by Gasteiger charge is -2.07. The van der Waals surface area contributed by atoms with E-state index in [1.807, 2.05) is 84.2 Å². The number of aryl methyl sites for hydroxylation is 1. The Morgan fingerprint density at radius 1 is 0.931 bits per heavy atom. The summed E-state index contributed by atoms with van der Waals surface area (Å²) in [5.74, 6) is 0.00568. The molecule has 0 saturated heterocycles. The van der Waals surface area contributed by atoms with Crippen LogP contribution >= 0.6 is 22.9 Å². The molecular formula is C24H19ClN2OS. The second-order valence-electron chi connectivity index (χ2n) is 6.66. The van der Waals surface area contributed by atoms with Gasteiger partial charge in [0.25, 0.3) is 0 Å². The number of carbonyl (C=O) groups excluding carboxylic acids is 1. The number of hydrogen-bond donors (Lipinski definition) is 1. The van der Waals surface area contributed by atoms with Gasteiger partial charge in [-0.25, -0.2) is 4.98 Å². The molecule has 5 heteroatoms. The third kappa shape index (κ3) is 5.11. The van der Waals surface area contributed by atoms with Crippen LogP contribution < -0.4 is 5.32 Å². The van der Waals surface area contributed by atoms with Crippen LogP contribution in [0.1, 0.15) is 12.0 Å². The first-order valence-corrected chi connectivity index (χ1v) is 10.6. The summed E-state index contributed by atoms with van der Waals surface area (Å²) < 4.78 is 0. The Labute approximate surface area is 179 Å². The van der Waals surface area contributed by atoms with E-state index in [1.165, 1.54) is 0 Å². The molecule has 0 atom stereocenters. The molecule has 0 aliphatic carbocycles. The Morgan fingerprint density at radius 3 is 2.52 bits per heavy atom. The van der Waals surface area contributed by atoms with Gasteiger partial charge in [0.15, 0.2) is 0 Å². The highest BCUT2D eigenvalue weighted by Gasteiger charge is 2.09. The smallest absolute Gasteiger partial charge is 0.224 e. The molecule has 1 N–H and O–H groups in total. The van der Waals surface area contributed by atoms with Crippen LogP contribution in [0, 0.1) is 0 Å². The maximum absolute atomic E-state index is 12.3. The number of benzene rings is 3. The lowest BCUT2D eigenvalue weighted by Crippen LogP contribution is -2.12. The van der Waals surface area contributed by atoms with E-state index in [9.17, 15) is 4.79 Å². The van der Waals surface area contributed by atoms with Crippen molar-refractivity contribution in [2.75, 3.05) is 5.32 Å². The van der Waals surface area contributed by atoms with Gasteiger partial charge in [0, 0.05) is 33.6 Å². The third-order valence-electron chi connectivity index (χ3n) is 4.52. The van der Waals surface area contributed by atoms with Crippen LogP contribution in [0.5, 0.6) is 0 Å². The zero-order chi connectivity index (χ0) is 20.1. The van der Waals surface area contributed by atoms with Crippen LogP contribution in [0.15, 0.2) is 84.2 Å². The van der Waals surface area contributed by atoms with E-state index in [2.05, 4.69) is 5.32 Å². The number of nitrogens with zero attached hydrogens (tertiary/aromatic N) is 1. The second kappa shape index (κ2) is 9.03. The van der Waals surface area contributed by atoms with Crippen molar-refractivity contribution in [3.8, 4) is 21.8 Å². The summed E-state index contributed by atoms with van der Waals surface area (Å²) in [6.07, 6.45) is 1.18. The number of aromatic nitrogens is 1. The molecule has 144 valence electrons. The molecule has 1 aromatic heterocycles. The SMILES string of the molecule is O=C(CCc1ccccc1)Nc1cccc(-c2csc(-c3ccc(Cl)cc3)n2)c1. The molecule has 0 spiro atoms. The molecule has 3 nitrogen and oxygen atoms in total. The van der Waals surface area contributed by atoms with E-state index < -0.39 is 0 Å². The molecule has 3 aromatic carbocycles. The zero-order valence-corrected chi connectivity index (χ0v) is 17.2. The van der Waals surface area contributed by atoms with Crippen LogP contribution in [0.25, 0.3) is 21.8 Å². The summed E-state index contributed by atoms with van der Waals surface area (Å²) in [5.41, 5.74) is 4.84. The highest BCUT2D eigenvalue weighted by atomic mass is 35.5. The maximum Gasteiger partial charge on any atom is 0.224 e. The van der Waals surface area contributed by atoms with E-state index in [-0.39, 0.29) is 5.91 Å². The van der Waals surface area contributed by atoms with Gasteiger partial charge in [-0.2, -0.15) is 0 Å². The van der Waals surface area contributed by atoms with Crippen LogP contribution in [-0.4, -0.2) is 10.9 Å². The summed E-state index contributed by atoms with van der Waals surface area (Å²) in [6, 6.07) is 25.5. The van der Waals surface area contributed by atoms with Gasteiger partial charge in [0.1, 0.15) is 5.01 Å². The quantitative estimate of drug-likeness (QED) is 0.378. The van der Waals surface area contributed by atoms with Gasteiger partial charge in [-0.05, 0) is 36.2 Å². The molecule has 0 unspecified atom stereocenters. The summed E-state index contributed by atoms with van der Waals surface area (Å²) in [5, 5.41) is 6.67. The third-order valence-corrected chi connectivity index (χ3v) is 5.66. The number of anilines is 1. The number of halogens is 1. The van der Waals surface area contributed by atoms with Gasteiger partial charge in [-0.15, -0.1) is 11.3 Å². The van der Waals surface area contributed by atoms with Crippen molar-refractivity contribution in [2.24, 2.45) is 0 Å². The molecule has 0 radical (unpaired) electrons. The minimum absolute atomic E-state index is 0.00568. The first-order valence-electron chi connectivity index (χ1n) is 9.33. The van der Waals surface area contributed by atoms with E-state index in [0.29, 0.717) is 11.4 Å². The average molecular weight is 419 g/mol. The van der Waals surface area contributed by atoms with Crippen LogP contribution in [0.3, 0.4) is 0 Å². The summed E-state index contributed by atoms with van der Waals surface area (Å²) in [4.78, 5) is 17.1. The molecule has 29 heavy (non-hydrogen) atoms. The Balaban J connectivity index is 1.43. The monoisotopic (exact) mass is 418 g/mol. The van der Waals surface area contributed by atoms with Gasteiger partial charge >= 0.3 is 0 Å². The van der Waals surface area contributed by atoms with E-state index in [1.54, 1.807) is 11.3 Å². The molecule has 0 bridgehead atoms. The van der Waals surface area contributed by atoms with Crippen molar-refractivity contribution in [1.29, 1.82) is 0 Å². The fraction of sp³-hybridized carbons (Fsp3) is 0.0833. The van der Waals surface area contributed by atoms with E-state index in [4.69, 9.17) is 16.6 Å². The van der Waals surface area contributed by atoms with Crippen LogP contribution in [0.2, 0.25) is 5.02 Å². The molecular weight excluding hydrogens is 400 g/mol. The fourth-order valence-corrected chi connectivity index (χ4v) is 3.97. The Hall–Kier alpha value is -2.95. The fourth-order valence-electron chi connectivity index (χ4n) is 3.01. The van der Waals surface area contributed by atoms with E-state index in [0.717, 1.165) is 39.5 Å². The Kier molecular flexibility index (Phi) is 6.03. The second-order valence-corrected chi connectivity index (χ2v) is 7.95. The van der Waals surface area contributed by atoms with Crippen molar-refractivity contribution in [3.05, 3.63) is 94.8 Å². The van der Waals surface area contributed by atoms with Crippen molar-refractivity contribution in [3.63, 3.8) is 0 Å². The van der Waals surface area contributed by atoms with Crippen LogP contribution in [-0.2, 0) is 11.2 Å². The molecule has 0 aliphatic rings. The molecule has 0 fully saturated rings. The predicted molar refractivity (Wildman–Crippen MR) is 121 cm³/mol. The Bertz CT molecular complexity index is 1110. The van der Waals surface area contributed by atoms with Gasteiger partial charge in [0.2, 0.25) is 5.91 Å². The first kappa shape index (κ1) is 19.4. The highest BCUT2D eigenvalue weighted by Crippen LogP contribution is 2.30. The summed E-state index contributed by atoms with van der Waals surface area (Å²) in [6.45, 7) is 0. The van der Waals surface area contributed by atoms with Gasteiger partial charge in [-0.3, -0.25) is 4.79 Å². The molecule has 4 aromatic rings. The minimum atomic E-state index is 0.00568. The number of amides is 1. The number of carbonyl (C=O) groups is 1. The topological polar surface area (TPSA) is 42.0 Å². The standard InChI is InChI=1S/C24H19ClN2OS/c25-20-12-10-18(11-13-20)24-27-22(16-29-24)19-7-4-8-21(15-19)26-23(28)14-9-17-5-2-1-3-6-17/h1-8,10-13,15-16H,9,14H2,(H,26,28). The lowest BCUT2D eigenvalue weighted by molar-refractivity contribution is -0.116. The highest BCUT2D eigenvalue weighted by molar-refractivity contribution is 7.13. The van der Waals surface area contributed by atoms with Crippen molar-refractivity contribution >= 4 is 34.5 Å². The van der Waals surface area contributed by atoms with Gasteiger partial charge in [-0.1, -0.05) is 66.2 Å². The normalized spacial score (nSPS) is 10.7. The summed E-state index contributed by atoms with van der Waals surface area (Å²) >= 11 is 7.55. The number of hydrogen-bond acceptors (Lipinski definition) is 3. The molecule has 1 heterocycles. The van der Waals surface area contributed by atoms with Crippen molar-refractivity contribution in [2.45, 2.75) is 12.8 Å². The minimum Gasteiger partial charge on any atom is -0.326 e. The number of rotatable bonds is 6.